The molecule has 1 heterocycles. The van der Waals surface area contributed by atoms with Gasteiger partial charge in [-0.2, -0.15) is 0 Å². The molecule has 0 bridgehead atoms. The minimum absolute atomic E-state index is 0. The minimum atomic E-state index is -0.312. The van der Waals surface area contributed by atoms with Crippen molar-refractivity contribution in [2.45, 2.75) is 85.5 Å². The monoisotopic (exact) mass is 599 g/mol. The highest BCUT2D eigenvalue weighted by molar-refractivity contribution is 8.93. The van der Waals surface area contributed by atoms with Crippen LogP contribution in [-0.4, -0.2) is 40.6 Å². The summed E-state index contributed by atoms with van der Waals surface area (Å²) >= 11 is 0. The molecule has 3 rings (SSSR count). The Morgan fingerprint density at radius 1 is 1.03 bits per heavy atom. The van der Waals surface area contributed by atoms with Crippen LogP contribution < -0.4 is 5.32 Å². The Labute approximate surface area is 244 Å². The van der Waals surface area contributed by atoms with Gasteiger partial charge in [-0.05, 0) is 59.4 Å². The van der Waals surface area contributed by atoms with Crippen LogP contribution >= 0.6 is 17.0 Å². The summed E-state index contributed by atoms with van der Waals surface area (Å²) < 4.78 is 0. The van der Waals surface area contributed by atoms with Crippen LogP contribution in [0.4, 0.5) is 5.69 Å². The summed E-state index contributed by atoms with van der Waals surface area (Å²) in [5.74, 6) is 1.02. The molecule has 214 valence electrons. The molecule has 0 saturated carbocycles. The van der Waals surface area contributed by atoms with Crippen molar-refractivity contribution >= 4 is 40.2 Å². The van der Waals surface area contributed by atoms with Crippen LogP contribution in [0, 0.1) is 17.2 Å². The first-order chi connectivity index (χ1) is 17.6. The van der Waals surface area contributed by atoms with E-state index < -0.39 is 0 Å². The number of hydrogen-bond acceptors (Lipinski definition) is 4. The third kappa shape index (κ3) is 7.93. The molecule has 0 spiro atoms. The van der Waals surface area contributed by atoms with E-state index in [2.05, 4.69) is 12.2 Å². The Hall–Kier alpha value is -2.67. The summed E-state index contributed by atoms with van der Waals surface area (Å²) in [6.45, 7) is 16.8. The number of phenolic OH excluding ortho intramolecular Hbond substituents is 1. The summed E-state index contributed by atoms with van der Waals surface area (Å²) in [5, 5.41) is 22.8. The number of carbonyl (C=O) groups excluding carboxylic acids is 2. The third-order valence-corrected chi connectivity index (χ3v) is 7.49. The summed E-state index contributed by atoms with van der Waals surface area (Å²) in [6, 6.07) is 11.5. The number of carbonyl (C=O) groups is 2. The number of hydrogen-bond donors (Lipinski definition) is 3. The number of anilines is 1. The first kappa shape index (κ1) is 32.5. The molecule has 1 fully saturated rings. The van der Waals surface area contributed by atoms with Gasteiger partial charge in [-0.1, -0.05) is 67.0 Å². The summed E-state index contributed by atoms with van der Waals surface area (Å²) in [6.07, 6.45) is 2.76. The standard InChI is InChI=1S/C32H45N3O3.BrH/c1-9-10-22-18-35(30(33)25(22)15-21-11-13-24(14-12-21)34-20(2)36)19-28(37)23-16-26(31(3,4)5)29(38)27(17-23)32(6,7)8;/h11-14,16-17,22,25,33,38H,9-10,15,18-19H2,1-8H3,(H,34,36);1H/t22-,25+;/m0./s1. The number of nitrogens with one attached hydrogen (secondary N) is 2. The van der Waals surface area contributed by atoms with Gasteiger partial charge in [0.05, 0.1) is 6.54 Å². The number of phenols is 1. The van der Waals surface area contributed by atoms with Crippen molar-refractivity contribution in [3.05, 3.63) is 58.7 Å². The van der Waals surface area contributed by atoms with Crippen molar-refractivity contribution in [3.8, 4) is 5.75 Å². The fourth-order valence-electron chi connectivity index (χ4n) is 5.43. The van der Waals surface area contributed by atoms with Gasteiger partial charge in [0.2, 0.25) is 5.91 Å². The molecule has 3 N–H and O–H groups in total. The van der Waals surface area contributed by atoms with Crippen LogP contribution in [0.5, 0.6) is 5.75 Å². The van der Waals surface area contributed by atoms with E-state index in [1.165, 1.54) is 6.92 Å². The van der Waals surface area contributed by atoms with Gasteiger partial charge < -0.3 is 15.3 Å². The zero-order chi connectivity index (χ0) is 28.4. The molecule has 6 nitrogen and oxygen atoms in total. The molecule has 0 unspecified atom stereocenters. The summed E-state index contributed by atoms with van der Waals surface area (Å²) in [4.78, 5) is 26.9. The molecule has 39 heavy (non-hydrogen) atoms. The van der Waals surface area contributed by atoms with Gasteiger partial charge in [-0.25, -0.2) is 0 Å². The molecule has 1 saturated heterocycles. The molecule has 1 aliphatic heterocycles. The molecule has 1 amide bonds. The lowest BCUT2D eigenvalue weighted by molar-refractivity contribution is -0.114. The Kier molecular flexibility index (Phi) is 10.6. The van der Waals surface area contributed by atoms with E-state index in [4.69, 9.17) is 5.41 Å². The highest BCUT2D eigenvalue weighted by Crippen LogP contribution is 2.40. The topological polar surface area (TPSA) is 93.5 Å². The van der Waals surface area contributed by atoms with Crippen molar-refractivity contribution in [3.63, 3.8) is 0 Å². The molecule has 2 aromatic rings. The molecule has 7 heteroatoms. The predicted octanol–water partition coefficient (Wildman–Crippen LogP) is 7.27. The maximum absolute atomic E-state index is 13.6. The van der Waals surface area contributed by atoms with Crippen molar-refractivity contribution in [1.82, 2.24) is 4.90 Å². The van der Waals surface area contributed by atoms with E-state index in [1.54, 1.807) is 0 Å². The van der Waals surface area contributed by atoms with Crippen molar-refractivity contribution in [1.29, 1.82) is 5.41 Å². The molecule has 2 aromatic carbocycles. The van der Waals surface area contributed by atoms with Crippen LogP contribution in [0.15, 0.2) is 36.4 Å². The van der Waals surface area contributed by atoms with Gasteiger partial charge >= 0.3 is 0 Å². The lowest BCUT2D eigenvalue weighted by Crippen LogP contribution is -2.33. The second-order valence-electron chi connectivity index (χ2n) is 12.8. The average Bonchev–Trinajstić information content (AvgIpc) is 3.07. The smallest absolute Gasteiger partial charge is 0.221 e. The van der Waals surface area contributed by atoms with Gasteiger partial charge in [0, 0.05) is 41.8 Å². The highest BCUT2D eigenvalue weighted by atomic mass is 79.9. The van der Waals surface area contributed by atoms with Crippen LogP contribution in [-0.2, 0) is 22.0 Å². The fourth-order valence-corrected chi connectivity index (χ4v) is 5.43. The van der Waals surface area contributed by atoms with E-state index in [9.17, 15) is 14.7 Å². The number of ketones is 1. The molecule has 0 aromatic heterocycles. The first-order valence-electron chi connectivity index (χ1n) is 13.7. The van der Waals surface area contributed by atoms with E-state index in [1.807, 2.05) is 82.8 Å². The maximum Gasteiger partial charge on any atom is 0.221 e. The third-order valence-electron chi connectivity index (χ3n) is 7.49. The van der Waals surface area contributed by atoms with Gasteiger partial charge in [0.15, 0.2) is 5.78 Å². The highest BCUT2D eigenvalue weighted by Gasteiger charge is 2.38. The minimum Gasteiger partial charge on any atom is -0.507 e. The fraction of sp³-hybridized carbons (Fsp3) is 0.531. The van der Waals surface area contributed by atoms with Gasteiger partial charge in [-0.15, -0.1) is 17.0 Å². The Balaban J connectivity index is 0.00000533. The number of amidine groups is 1. The van der Waals surface area contributed by atoms with Crippen molar-refractivity contribution in [2.24, 2.45) is 11.8 Å². The van der Waals surface area contributed by atoms with Crippen LogP contribution in [0.1, 0.15) is 95.3 Å². The van der Waals surface area contributed by atoms with Crippen molar-refractivity contribution in [2.75, 3.05) is 18.4 Å². The van der Waals surface area contributed by atoms with Gasteiger partial charge in [0.1, 0.15) is 11.6 Å². The molecule has 0 aliphatic carbocycles. The second kappa shape index (κ2) is 12.7. The number of benzene rings is 2. The lowest BCUT2D eigenvalue weighted by Gasteiger charge is -2.28. The van der Waals surface area contributed by atoms with Crippen molar-refractivity contribution < 1.29 is 14.7 Å². The normalized spacial score (nSPS) is 17.6. The van der Waals surface area contributed by atoms with E-state index >= 15 is 0 Å². The number of aromatic hydroxyl groups is 1. The SMILES string of the molecule is Br.CCC[C@H]1CN(CC(=O)c2cc(C(C)(C)C)c(O)c(C(C)(C)C)c2)C(=N)[C@@H]1Cc1ccc(NC(C)=O)cc1. The van der Waals surface area contributed by atoms with Crippen LogP contribution in [0.25, 0.3) is 0 Å². The number of rotatable bonds is 8. The summed E-state index contributed by atoms with van der Waals surface area (Å²) in [7, 11) is 0. The zero-order valence-corrected chi connectivity index (χ0v) is 26.5. The number of halogens is 1. The van der Waals surface area contributed by atoms with Gasteiger partial charge in [-0.3, -0.25) is 15.0 Å². The largest absolute Gasteiger partial charge is 0.507 e. The lowest BCUT2D eigenvalue weighted by atomic mass is 9.78. The molecular weight excluding hydrogens is 554 g/mol. The Morgan fingerprint density at radius 2 is 1.56 bits per heavy atom. The maximum atomic E-state index is 13.6. The van der Waals surface area contributed by atoms with Crippen LogP contribution in [0.3, 0.4) is 0 Å². The van der Waals surface area contributed by atoms with Crippen LogP contribution in [0.2, 0.25) is 0 Å². The number of amides is 1. The summed E-state index contributed by atoms with van der Waals surface area (Å²) in [5.41, 5.74) is 3.39. The van der Waals surface area contributed by atoms with E-state index in [0.29, 0.717) is 23.9 Å². The number of Topliss-reactive ketones (excluding diaryl/α,β-unsaturated/α-hetero) is 1. The molecular formula is C32H46BrN3O3. The molecule has 0 radical (unpaired) electrons. The predicted molar refractivity (Wildman–Crippen MR) is 166 cm³/mol. The number of likely N-dealkylation sites (tertiary alicyclic amines) is 1. The molecule has 1 aliphatic rings. The Bertz CT molecular complexity index is 1160. The Morgan fingerprint density at radius 3 is 2.03 bits per heavy atom. The molecule has 2 atom stereocenters. The second-order valence-corrected chi connectivity index (χ2v) is 12.8. The van der Waals surface area contributed by atoms with E-state index in [0.717, 1.165) is 41.6 Å². The zero-order valence-electron chi connectivity index (χ0n) is 24.8. The van der Waals surface area contributed by atoms with Gasteiger partial charge in [0.25, 0.3) is 0 Å². The average molecular weight is 601 g/mol. The number of nitrogens with zero attached hydrogens (tertiary/aromatic N) is 1. The first-order valence-corrected chi connectivity index (χ1v) is 13.7. The quantitative estimate of drug-likeness (QED) is 0.278. The van der Waals surface area contributed by atoms with E-state index in [-0.39, 0.29) is 57.7 Å².